The SMILES string of the molecule is C[N+](C)(CCOC(=O)NC(N)=O)N=O. The van der Waals surface area contributed by atoms with Gasteiger partial charge in [-0.2, -0.15) is 4.59 Å². The molecule has 0 rings (SSSR count). The number of carbonyl (C=O) groups excluding carboxylic acids is 2. The maximum Gasteiger partial charge on any atom is 0.415 e. The van der Waals surface area contributed by atoms with E-state index in [4.69, 9.17) is 0 Å². The van der Waals surface area contributed by atoms with E-state index in [9.17, 15) is 14.5 Å². The van der Waals surface area contributed by atoms with Crippen LogP contribution < -0.4 is 11.1 Å². The van der Waals surface area contributed by atoms with E-state index in [1.54, 1.807) is 19.4 Å². The molecule has 0 saturated heterocycles. The van der Waals surface area contributed by atoms with E-state index in [0.717, 1.165) is 0 Å². The standard InChI is InChI=1S/C6H12N4O4/c1-10(2,9-13)3-4-14-6(12)8-5(7)11/h3-4H2,1-2H3,(H2-,7,8,11,12)/p+1. The van der Waals surface area contributed by atoms with Crippen molar-refractivity contribution in [1.29, 1.82) is 0 Å². The van der Waals surface area contributed by atoms with Gasteiger partial charge in [0.2, 0.25) is 0 Å². The number of amides is 3. The summed E-state index contributed by atoms with van der Waals surface area (Å²) in [6.45, 7) is 0.188. The van der Waals surface area contributed by atoms with Gasteiger partial charge in [-0.1, -0.05) is 4.91 Å². The van der Waals surface area contributed by atoms with Crippen LogP contribution in [0.4, 0.5) is 9.59 Å². The number of nitroso groups, excluding NO2 is 1. The first-order valence-corrected chi connectivity index (χ1v) is 3.78. The molecule has 8 nitrogen and oxygen atoms in total. The van der Waals surface area contributed by atoms with Crippen molar-refractivity contribution in [2.45, 2.75) is 0 Å². The Labute approximate surface area is 80.5 Å². The number of urea groups is 1. The summed E-state index contributed by atoms with van der Waals surface area (Å²) in [5, 5.41) is 4.47. The summed E-state index contributed by atoms with van der Waals surface area (Å²) in [6.07, 6.45) is -0.941. The molecule has 8 heteroatoms. The van der Waals surface area contributed by atoms with E-state index in [2.05, 4.69) is 15.8 Å². The largest absolute Gasteiger partial charge is 0.443 e. The second-order valence-corrected chi connectivity index (χ2v) is 3.05. The molecule has 0 bridgehead atoms. The molecule has 0 aliphatic heterocycles. The third kappa shape index (κ3) is 5.89. The van der Waals surface area contributed by atoms with Crippen molar-refractivity contribution in [1.82, 2.24) is 5.32 Å². The monoisotopic (exact) mass is 205 g/mol. The van der Waals surface area contributed by atoms with E-state index in [1.165, 1.54) is 0 Å². The van der Waals surface area contributed by atoms with Crippen molar-refractivity contribution in [2.75, 3.05) is 27.2 Å². The van der Waals surface area contributed by atoms with Gasteiger partial charge in [0.05, 0.1) is 14.1 Å². The summed E-state index contributed by atoms with van der Waals surface area (Å²) in [5.74, 6) is 0. The lowest BCUT2D eigenvalue weighted by molar-refractivity contribution is -0.898. The van der Waals surface area contributed by atoms with Gasteiger partial charge >= 0.3 is 12.1 Å². The molecule has 0 atom stereocenters. The van der Waals surface area contributed by atoms with Gasteiger partial charge in [-0.05, 0) is 0 Å². The zero-order chi connectivity index (χ0) is 11.2. The molecule has 3 amide bonds. The highest BCUT2D eigenvalue weighted by Crippen LogP contribution is 1.96. The van der Waals surface area contributed by atoms with Gasteiger partial charge in [0, 0.05) is 0 Å². The summed E-state index contributed by atoms with van der Waals surface area (Å²) >= 11 is 0. The predicted octanol–water partition coefficient (Wildman–Crippen LogP) is -0.451. The molecule has 0 aliphatic carbocycles. The van der Waals surface area contributed by atoms with E-state index < -0.39 is 12.1 Å². The summed E-state index contributed by atoms with van der Waals surface area (Å²) in [4.78, 5) is 31.0. The summed E-state index contributed by atoms with van der Waals surface area (Å²) in [6, 6.07) is -0.989. The second kappa shape index (κ2) is 5.12. The molecule has 0 unspecified atom stereocenters. The van der Waals surface area contributed by atoms with Gasteiger partial charge in [0.1, 0.15) is 13.2 Å². The molecule has 80 valence electrons. The first kappa shape index (κ1) is 12.3. The average molecular weight is 205 g/mol. The number of nitrogens with one attached hydrogen (secondary N) is 1. The van der Waals surface area contributed by atoms with Crippen LogP contribution in [0.2, 0.25) is 0 Å². The quantitative estimate of drug-likeness (QED) is 0.367. The highest BCUT2D eigenvalue weighted by molar-refractivity contribution is 5.89. The Morgan fingerprint density at radius 1 is 1.50 bits per heavy atom. The number of quaternary nitrogens is 1. The van der Waals surface area contributed by atoms with Crippen LogP contribution in [0.15, 0.2) is 5.29 Å². The minimum atomic E-state index is -0.989. The first-order chi connectivity index (χ1) is 6.37. The van der Waals surface area contributed by atoms with Crippen molar-refractivity contribution >= 4 is 12.1 Å². The second-order valence-electron chi connectivity index (χ2n) is 3.05. The van der Waals surface area contributed by atoms with E-state index in [1.807, 2.05) is 0 Å². The lowest BCUT2D eigenvalue weighted by atomic mass is 10.6. The Bertz CT molecular complexity index is 240. The minimum Gasteiger partial charge on any atom is -0.443 e. The molecule has 0 aromatic heterocycles. The van der Waals surface area contributed by atoms with Crippen LogP contribution in [0.25, 0.3) is 0 Å². The number of primary amides is 1. The zero-order valence-electron chi connectivity index (χ0n) is 8.02. The maximum absolute atomic E-state index is 10.7. The number of nitrogens with zero attached hydrogens (tertiary/aromatic N) is 2. The summed E-state index contributed by atoms with van der Waals surface area (Å²) in [7, 11) is 3.09. The number of alkyl carbamates (subject to hydrolysis) is 1. The van der Waals surface area contributed by atoms with Crippen LogP contribution >= 0.6 is 0 Å². The third-order valence-corrected chi connectivity index (χ3v) is 1.32. The molecule has 0 fully saturated rings. The predicted molar refractivity (Wildman–Crippen MR) is 46.8 cm³/mol. The molecule has 0 spiro atoms. The van der Waals surface area contributed by atoms with Gasteiger partial charge in [0.25, 0.3) is 0 Å². The Kier molecular flexibility index (Phi) is 4.50. The van der Waals surface area contributed by atoms with Crippen molar-refractivity contribution in [3.05, 3.63) is 4.91 Å². The number of carbonyl (C=O) groups is 2. The van der Waals surface area contributed by atoms with E-state index in [0.29, 0.717) is 0 Å². The number of ether oxygens (including phenoxy) is 1. The molecular weight excluding hydrogens is 192 g/mol. The van der Waals surface area contributed by atoms with Gasteiger partial charge in [0.15, 0.2) is 5.29 Å². The Balaban J connectivity index is 3.69. The van der Waals surface area contributed by atoms with Crippen LogP contribution in [0.1, 0.15) is 0 Å². The topological polar surface area (TPSA) is 111 Å². The number of hydrogen-bond acceptors (Lipinski definition) is 5. The van der Waals surface area contributed by atoms with Crippen molar-refractivity contribution in [3.63, 3.8) is 0 Å². The van der Waals surface area contributed by atoms with Crippen molar-refractivity contribution in [3.8, 4) is 0 Å². The number of imide groups is 1. The number of nitrogens with two attached hydrogens (primary N) is 1. The van der Waals surface area contributed by atoms with Gasteiger partial charge < -0.3 is 10.5 Å². The van der Waals surface area contributed by atoms with Gasteiger partial charge in [-0.15, -0.1) is 0 Å². The number of likely N-dealkylation sites (N-methyl/N-ethyl adjacent to an activating group) is 1. The number of hydrogen-bond donors (Lipinski definition) is 2. The number of rotatable bonds is 4. The Morgan fingerprint density at radius 3 is 2.50 bits per heavy atom. The smallest absolute Gasteiger partial charge is 0.415 e. The van der Waals surface area contributed by atoms with Gasteiger partial charge in [-0.25, -0.2) is 14.9 Å². The van der Waals surface area contributed by atoms with Crippen LogP contribution in [0.5, 0.6) is 0 Å². The lowest BCUT2D eigenvalue weighted by Crippen LogP contribution is -2.39. The van der Waals surface area contributed by atoms with Crippen LogP contribution in [0, 0.1) is 4.91 Å². The Morgan fingerprint density at radius 2 is 2.07 bits per heavy atom. The van der Waals surface area contributed by atoms with Crippen LogP contribution in [-0.2, 0) is 4.74 Å². The fraction of sp³-hybridized carbons (Fsp3) is 0.667. The fourth-order valence-electron chi connectivity index (χ4n) is 0.539. The van der Waals surface area contributed by atoms with Gasteiger partial charge in [-0.3, -0.25) is 0 Å². The molecule has 0 aromatic rings. The highest BCUT2D eigenvalue weighted by Gasteiger charge is 2.16. The van der Waals surface area contributed by atoms with E-state index in [-0.39, 0.29) is 17.7 Å². The molecule has 14 heavy (non-hydrogen) atoms. The van der Waals surface area contributed by atoms with Crippen LogP contribution in [0.3, 0.4) is 0 Å². The lowest BCUT2D eigenvalue weighted by Gasteiger charge is -2.16. The molecule has 0 aliphatic rings. The van der Waals surface area contributed by atoms with E-state index >= 15 is 0 Å². The molecule has 0 saturated carbocycles. The molecule has 3 N–H and O–H groups in total. The Hall–Kier alpha value is -1.70. The highest BCUT2D eigenvalue weighted by atomic mass is 16.5. The first-order valence-electron chi connectivity index (χ1n) is 3.78. The minimum absolute atomic E-state index is 0.0299. The molecule has 0 radical (unpaired) electrons. The van der Waals surface area contributed by atoms with Crippen LogP contribution in [-0.4, -0.2) is 44.0 Å². The fourth-order valence-corrected chi connectivity index (χ4v) is 0.539. The normalized spacial score (nSPS) is 10.4. The summed E-state index contributed by atoms with van der Waals surface area (Å²) < 4.78 is 4.35. The maximum atomic E-state index is 10.7. The molecule has 0 heterocycles. The third-order valence-electron chi connectivity index (χ3n) is 1.32. The van der Waals surface area contributed by atoms with Crippen molar-refractivity contribution < 1.29 is 18.9 Å². The van der Waals surface area contributed by atoms with Crippen molar-refractivity contribution in [2.24, 2.45) is 11.0 Å². The zero-order valence-corrected chi connectivity index (χ0v) is 8.02. The average Bonchev–Trinajstić information content (AvgIpc) is 2.02. The molecular formula is C6H13N4O4+. The summed E-state index contributed by atoms with van der Waals surface area (Å²) in [5.41, 5.74) is 4.65. The molecule has 0 aromatic carbocycles.